The maximum atomic E-state index is 5.22. The zero-order valence-electron chi connectivity index (χ0n) is 8.48. The largest absolute Gasteiger partial charge is 0.291 e. The summed E-state index contributed by atoms with van der Waals surface area (Å²) in [6.07, 6.45) is 7.29. The Morgan fingerprint density at radius 3 is 2.81 bits per heavy atom. The molecule has 0 amide bonds. The molecule has 80 valence electrons. The topological polar surface area (TPSA) is 17.8 Å². The molecular weight excluding hydrogens is 236 g/mol. The summed E-state index contributed by atoms with van der Waals surface area (Å²) in [4.78, 5) is 3.95. The minimum atomic E-state index is 0.768. The minimum Gasteiger partial charge on any atom is -0.291 e. The third-order valence-electron chi connectivity index (χ3n) is 1.94. The van der Waals surface area contributed by atoms with Crippen LogP contribution in [0.3, 0.4) is 0 Å². The van der Waals surface area contributed by atoms with Crippen LogP contribution in [0.1, 0.15) is 5.56 Å². The number of thiocarbonyl (C=S) groups is 1. The molecule has 0 unspecified atom stereocenters. The molecule has 0 spiro atoms. The van der Waals surface area contributed by atoms with Gasteiger partial charge in [0.25, 0.3) is 0 Å². The Balaban J connectivity index is 1.93. The van der Waals surface area contributed by atoms with Crippen LogP contribution in [-0.4, -0.2) is 13.9 Å². The summed E-state index contributed by atoms with van der Waals surface area (Å²) >= 11 is 6.73. The van der Waals surface area contributed by atoms with Gasteiger partial charge in [0, 0.05) is 12.4 Å². The van der Waals surface area contributed by atoms with Crippen LogP contribution in [-0.2, 0) is 0 Å². The Labute approximate surface area is 104 Å². The van der Waals surface area contributed by atoms with Crippen LogP contribution in [0, 0.1) is 0 Å². The Bertz CT molecular complexity index is 475. The van der Waals surface area contributed by atoms with E-state index in [4.69, 9.17) is 12.2 Å². The maximum Gasteiger partial charge on any atom is 0.149 e. The van der Waals surface area contributed by atoms with Gasteiger partial charge in [0.05, 0.1) is 0 Å². The van der Waals surface area contributed by atoms with E-state index in [0.29, 0.717) is 0 Å². The van der Waals surface area contributed by atoms with Gasteiger partial charge in [-0.25, -0.2) is 4.98 Å². The van der Waals surface area contributed by atoms with Crippen LogP contribution in [0.2, 0.25) is 0 Å². The first-order valence-corrected chi connectivity index (χ1v) is 6.05. The van der Waals surface area contributed by atoms with Gasteiger partial charge in [-0.1, -0.05) is 54.3 Å². The van der Waals surface area contributed by atoms with Gasteiger partial charge >= 0.3 is 0 Å². The van der Waals surface area contributed by atoms with Crippen LogP contribution >= 0.6 is 24.0 Å². The van der Waals surface area contributed by atoms with Crippen LogP contribution in [0.4, 0.5) is 0 Å². The summed E-state index contributed by atoms with van der Waals surface area (Å²) in [5.41, 5.74) is 1.17. The van der Waals surface area contributed by atoms with Crippen molar-refractivity contribution in [3.63, 3.8) is 0 Å². The molecule has 4 heteroatoms. The van der Waals surface area contributed by atoms with E-state index in [-0.39, 0.29) is 0 Å². The lowest BCUT2D eigenvalue weighted by molar-refractivity contribution is 1.18. The highest BCUT2D eigenvalue weighted by Crippen LogP contribution is 2.11. The molecule has 0 bridgehead atoms. The van der Waals surface area contributed by atoms with Crippen molar-refractivity contribution in [2.45, 2.75) is 0 Å². The molecule has 0 atom stereocenters. The first-order valence-electron chi connectivity index (χ1n) is 4.77. The van der Waals surface area contributed by atoms with Crippen molar-refractivity contribution < 1.29 is 0 Å². The van der Waals surface area contributed by atoms with Crippen molar-refractivity contribution in [2.75, 3.05) is 0 Å². The molecule has 0 aliphatic heterocycles. The fourth-order valence-corrected chi connectivity index (χ4v) is 2.01. The molecule has 2 aromatic rings. The van der Waals surface area contributed by atoms with Gasteiger partial charge < -0.3 is 0 Å². The molecule has 16 heavy (non-hydrogen) atoms. The number of imidazole rings is 1. The molecule has 0 saturated heterocycles. The average molecular weight is 246 g/mol. The van der Waals surface area contributed by atoms with Crippen molar-refractivity contribution >= 4 is 34.4 Å². The monoisotopic (exact) mass is 246 g/mol. The quantitative estimate of drug-likeness (QED) is 0.756. The summed E-state index contributed by atoms with van der Waals surface area (Å²) in [6.45, 7) is 0. The molecule has 1 aromatic heterocycles. The first-order chi connectivity index (χ1) is 7.86. The molecule has 1 heterocycles. The number of nitrogens with zero attached hydrogens (tertiary/aromatic N) is 2. The molecule has 0 fully saturated rings. The highest BCUT2D eigenvalue weighted by Gasteiger charge is 1.95. The molecular formula is C12H10N2S2. The minimum absolute atomic E-state index is 0.768. The van der Waals surface area contributed by atoms with E-state index in [1.807, 2.05) is 40.4 Å². The fourth-order valence-electron chi connectivity index (χ4n) is 1.16. The van der Waals surface area contributed by atoms with Crippen molar-refractivity contribution in [2.24, 2.45) is 0 Å². The van der Waals surface area contributed by atoms with Crippen LogP contribution in [0.15, 0.2) is 54.5 Å². The Hall–Kier alpha value is -1.39. The van der Waals surface area contributed by atoms with E-state index in [1.54, 1.807) is 12.5 Å². The zero-order chi connectivity index (χ0) is 11.2. The normalized spacial score (nSPS) is 10.8. The lowest BCUT2D eigenvalue weighted by Crippen LogP contribution is -1.99. The fraction of sp³-hybridized carbons (Fsp3) is 0. The molecule has 2 rings (SSSR count). The van der Waals surface area contributed by atoms with E-state index in [2.05, 4.69) is 17.1 Å². The van der Waals surface area contributed by atoms with Crippen molar-refractivity contribution in [1.82, 2.24) is 9.55 Å². The predicted molar refractivity (Wildman–Crippen MR) is 73.3 cm³/mol. The smallest absolute Gasteiger partial charge is 0.149 e. The summed E-state index contributed by atoms with van der Waals surface area (Å²) in [6, 6.07) is 10.1. The van der Waals surface area contributed by atoms with E-state index in [9.17, 15) is 0 Å². The number of rotatable bonds is 2. The summed E-state index contributed by atoms with van der Waals surface area (Å²) in [5, 5.41) is 1.98. The molecule has 0 radical (unpaired) electrons. The Morgan fingerprint density at radius 2 is 2.12 bits per heavy atom. The molecule has 0 saturated carbocycles. The second kappa shape index (κ2) is 5.63. The standard InChI is InChI=1S/C12H10N2S2/c15-12(14-8-7-13-10-14)16-9-6-11-4-2-1-3-5-11/h1-10H/b9-6+. The van der Waals surface area contributed by atoms with Crippen LogP contribution in [0.25, 0.3) is 6.08 Å². The average Bonchev–Trinajstić information content (AvgIpc) is 2.84. The van der Waals surface area contributed by atoms with E-state index < -0.39 is 0 Å². The first kappa shape index (κ1) is 11.1. The lowest BCUT2D eigenvalue weighted by atomic mass is 10.2. The summed E-state index contributed by atoms with van der Waals surface area (Å²) in [7, 11) is 0. The second-order valence-electron chi connectivity index (χ2n) is 3.07. The van der Waals surface area contributed by atoms with Gasteiger partial charge in [-0.15, -0.1) is 0 Å². The van der Waals surface area contributed by atoms with Gasteiger partial charge in [0.1, 0.15) is 10.6 Å². The van der Waals surface area contributed by atoms with Crippen molar-refractivity contribution in [1.29, 1.82) is 0 Å². The number of hydrogen-bond donors (Lipinski definition) is 0. The van der Waals surface area contributed by atoms with Crippen LogP contribution < -0.4 is 0 Å². The van der Waals surface area contributed by atoms with Gasteiger partial charge in [-0.05, 0) is 17.0 Å². The van der Waals surface area contributed by atoms with Crippen molar-refractivity contribution in [3.05, 3.63) is 60.0 Å². The predicted octanol–water partition coefficient (Wildman–Crippen LogP) is 3.42. The third kappa shape index (κ3) is 3.05. The zero-order valence-corrected chi connectivity index (χ0v) is 10.1. The van der Waals surface area contributed by atoms with Gasteiger partial charge in [0.15, 0.2) is 0 Å². The van der Waals surface area contributed by atoms with E-state index in [0.717, 1.165) is 4.32 Å². The van der Waals surface area contributed by atoms with Crippen molar-refractivity contribution in [3.8, 4) is 0 Å². The van der Waals surface area contributed by atoms with Gasteiger partial charge in [-0.3, -0.25) is 4.57 Å². The van der Waals surface area contributed by atoms with E-state index >= 15 is 0 Å². The second-order valence-corrected chi connectivity index (χ2v) is 4.61. The Morgan fingerprint density at radius 1 is 1.31 bits per heavy atom. The SMILES string of the molecule is S=C(S/C=C/c1ccccc1)n1ccnc1. The van der Waals surface area contributed by atoms with E-state index in [1.165, 1.54) is 17.3 Å². The molecule has 0 aliphatic rings. The molecule has 1 aromatic carbocycles. The number of aromatic nitrogens is 2. The third-order valence-corrected chi connectivity index (χ3v) is 3.13. The highest BCUT2D eigenvalue weighted by atomic mass is 32.2. The molecule has 0 N–H and O–H groups in total. The number of thioether (sulfide) groups is 1. The molecule has 0 aliphatic carbocycles. The van der Waals surface area contributed by atoms with Gasteiger partial charge in [0.2, 0.25) is 0 Å². The van der Waals surface area contributed by atoms with Crippen LogP contribution in [0.5, 0.6) is 0 Å². The summed E-state index contributed by atoms with van der Waals surface area (Å²) < 4.78 is 2.58. The Kier molecular flexibility index (Phi) is 3.91. The summed E-state index contributed by atoms with van der Waals surface area (Å²) in [5.74, 6) is 0. The maximum absolute atomic E-state index is 5.22. The van der Waals surface area contributed by atoms with Gasteiger partial charge in [-0.2, -0.15) is 0 Å². The lowest BCUT2D eigenvalue weighted by Gasteiger charge is -1.98. The number of hydrogen-bond acceptors (Lipinski definition) is 3. The molecule has 2 nitrogen and oxygen atoms in total. The number of benzene rings is 1. The highest BCUT2D eigenvalue weighted by molar-refractivity contribution is 8.25.